The van der Waals surface area contributed by atoms with Crippen LogP contribution in [0.2, 0.25) is 5.15 Å². The summed E-state index contributed by atoms with van der Waals surface area (Å²) in [6, 6.07) is 1.79. The van der Waals surface area contributed by atoms with Crippen LogP contribution in [0.3, 0.4) is 0 Å². The molecule has 0 amide bonds. The van der Waals surface area contributed by atoms with E-state index in [0.29, 0.717) is 0 Å². The van der Waals surface area contributed by atoms with Crippen LogP contribution >= 0.6 is 11.6 Å². The van der Waals surface area contributed by atoms with Crippen LogP contribution in [0.4, 0.5) is 5.69 Å². The fraction of sp³-hybridized carbons (Fsp3) is 0.250. The lowest BCUT2D eigenvalue weighted by Crippen LogP contribution is -2.01. The summed E-state index contributed by atoms with van der Waals surface area (Å²) in [6.07, 6.45) is 0. The van der Waals surface area contributed by atoms with E-state index in [9.17, 15) is 10.1 Å². The summed E-state index contributed by atoms with van der Waals surface area (Å²) >= 11 is 5.66. The molecule has 72 valence electrons. The first-order valence-corrected chi connectivity index (χ1v) is 4.08. The highest BCUT2D eigenvalue weighted by molar-refractivity contribution is 6.30. The number of nitro groups is 1. The van der Waals surface area contributed by atoms with Gasteiger partial charge in [-0.15, -0.1) is 0 Å². The Balaban J connectivity index is 3.62. The van der Waals surface area contributed by atoms with Crippen molar-refractivity contribution in [3.05, 3.63) is 32.1 Å². The average Bonchev–Trinajstić information content (AvgIpc) is 2.02. The fourth-order valence-corrected chi connectivity index (χ4v) is 1.51. The molecule has 0 unspecified atom stereocenters. The number of rotatable bonds is 1. The summed E-state index contributed by atoms with van der Waals surface area (Å²) in [5, 5.41) is 19.3. The van der Waals surface area contributed by atoms with E-state index < -0.39 is 4.92 Å². The van der Waals surface area contributed by atoms with E-state index in [0.717, 1.165) is 0 Å². The number of nitrogens with zero attached hydrogens (tertiary/aromatic N) is 3. The number of hydrogen-bond acceptors (Lipinski definition) is 4. The highest BCUT2D eigenvalue weighted by Gasteiger charge is 2.21. The summed E-state index contributed by atoms with van der Waals surface area (Å²) in [6.45, 7) is 2.97. The number of pyridine rings is 1. The predicted octanol–water partition coefficient (Wildman–Crippen LogP) is 2.13. The maximum absolute atomic E-state index is 10.6. The molecule has 0 fully saturated rings. The molecule has 0 aliphatic heterocycles. The first-order valence-electron chi connectivity index (χ1n) is 3.70. The quantitative estimate of drug-likeness (QED) is 0.405. The van der Waals surface area contributed by atoms with Gasteiger partial charge in [0.2, 0.25) is 0 Å². The van der Waals surface area contributed by atoms with Crippen molar-refractivity contribution in [2.45, 2.75) is 13.8 Å². The van der Waals surface area contributed by atoms with Crippen LogP contribution in [-0.2, 0) is 0 Å². The first-order chi connectivity index (χ1) is 6.49. The molecule has 1 aromatic rings. The largest absolute Gasteiger partial charge is 0.294 e. The zero-order valence-electron chi connectivity index (χ0n) is 7.54. The maximum Gasteiger partial charge on any atom is 0.294 e. The van der Waals surface area contributed by atoms with Crippen LogP contribution in [-0.4, -0.2) is 9.91 Å². The van der Waals surface area contributed by atoms with E-state index in [1.807, 2.05) is 0 Å². The second kappa shape index (κ2) is 3.60. The van der Waals surface area contributed by atoms with Crippen molar-refractivity contribution in [1.29, 1.82) is 5.26 Å². The van der Waals surface area contributed by atoms with Crippen molar-refractivity contribution in [2.24, 2.45) is 0 Å². The molecule has 0 atom stereocenters. The molecule has 0 aliphatic carbocycles. The molecule has 0 spiro atoms. The van der Waals surface area contributed by atoms with E-state index in [4.69, 9.17) is 16.9 Å². The second-order valence-electron chi connectivity index (χ2n) is 2.71. The van der Waals surface area contributed by atoms with Gasteiger partial charge >= 0.3 is 0 Å². The minimum Gasteiger partial charge on any atom is -0.258 e. The normalized spacial score (nSPS) is 9.57. The maximum atomic E-state index is 10.6. The number of hydrogen-bond donors (Lipinski definition) is 0. The molecule has 0 bridgehead atoms. The van der Waals surface area contributed by atoms with Gasteiger partial charge in [-0.2, -0.15) is 5.26 Å². The standard InChI is InChI=1S/C8H6ClN3O2/c1-4-6(3-10)8(9)11-5(2)7(4)12(13)14/h1-2H3. The van der Waals surface area contributed by atoms with E-state index in [1.54, 1.807) is 6.07 Å². The summed E-state index contributed by atoms with van der Waals surface area (Å²) < 4.78 is 0. The van der Waals surface area contributed by atoms with Crippen molar-refractivity contribution in [1.82, 2.24) is 4.98 Å². The molecule has 1 heterocycles. The molecular formula is C8H6ClN3O2. The smallest absolute Gasteiger partial charge is 0.258 e. The van der Waals surface area contributed by atoms with Gasteiger partial charge in [0.05, 0.1) is 10.5 Å². The second-order valence-corrected chi connectivity index (χ2v) is 3.06. The van der Waals surface area contributed by atoms with Gasteiger partial charge in [0.1, 0.15) is 16.9 Å². The first kappa shape index (κ1) is 10.4. The van der Waals surface area contributed by atoms with E-state index >= 15 is 0 Å². The highest BCUT2D eigenvalue weighted by atomic mass is 35.5. The molecule has 0 saturated carbocycles. The van der Waals surface area contributed by atoms with Gasteiger partial charge in [0.15, 0.2) is 0 Å². The van der Waals surface area contributed by atoms with Gasteiger partial charge in [-0.25, -0.2) is 4.98 Å². The summed E-state index contributed by atoms with van der Waals surface area (Å²) in [5.74, 6) is 0. The van der Waals surface area contributed by atoms with Gasteiger partial charge in [0.25, 0.3) is 5.69 Å². The number of aryl methyl sites for hydroxylation is 1. The average molecular weight is 212 g/mol. The summed E-state index contributed by atoms with van der Waals surface area (Å²) in [5.41, 5.74) is 0.390. The van der Waals surface area contributed by atoms with E-state index in [1.165, 1.54) is 13.8 Å². The van der Waals surface area contributed by atoms with Gasteiger partial charge in [0, 0.05) is 5.56 Å². The Labute approximate surface area is 85.1 Å². The number of halogens is 1. The van der Waals surface area contributed by atoms with Crippen molar-refractivity contribution in [2.75, 3.05) is 0 Å². The van der Waals surface area contributed by atoms with Crippen molar-refractivity contribution < 1.29 is 4.92 Å². The Bertz CT molecular complexity index is 451. The topological polar surface area (TPSA) is 79.8 Å². The van der Waals surface area contributed by atoms with E-state index in [-0.39, 0.29) is 27.7 Å². The lowest BCUT2D eigenvalue weighted by molar-refractivity contribution is -0.386. The predicted molar refractivity (Wildman–Crippen MR) is 50.1 cm³/mol. The molecule has 0 radical (unpaired) electrons. The highest BCUT2D eigenvalue weighted by Crippen LogP contribution is 2.28. The van der Waals surface area contributed by atoms with Gasteiger partial charge in [-0.1, -0.05) is 11.6 Å². The molecule has 14 heavy (non-hydrogen) atoms. The lowest BCUT2D eigenvalue weighted by atomic mass is 10.1. The van der Waals surface area contributed by atoms with Gasteiger partial charge < -0.3 is 0 Å². The van der Waals surface area contributed by atoms with E-state index in [2.05, 4.69) is 4.98 Å². The summed E-state index contributed by atoms with van der Waals surface area (Å²) in [7, 11) is 0. The van der Waals surface area contributed by atoms with Crippen LogP contribution in [0.1, 0.15) is 16.8 Å². The van der Waals surface area contributed by atoms with Gasteiger partial charge in [-0.3, -0.25) is 10.1 Å². The molecule has 1 rings (SSSR count). The molecule has 6 heteroatoms. The Morgan fingerprint density at radius 3 is 2.57 bits per heavy atom. The van der Waals surface area contributed by atoms with Crippen molar-refractivity contribution >= 4 is 17.3 Å². The SMILES string of the molecule is Cc1nc(Cl)c(C#N)c(C)c1[N+](=O)[O-]. The fourth-order valence-electron chi connectivity index (χ4n) is 1.20. The van der Waals surface area contributed by atoms with Crippen molar-refractivity contribution in [3.8, 4) is 6.07 Å². The van der Waals surface area contributed by atoms with Crippen molar-refractivity contribution in [3.63, 3.8) is 0 Å². The molecule has 1 aromatic heterocycles. The third kappa shape index (κ3) is 1.52. The summed E-state index contributed by atoms with van der Waals surface area (Å²) in [4.78, 5) is 13.8. The zero-order valence-corrected chi connectivity index (χ0v) is 8.29. The minimum absolute atomic E-state index is 0.00750. The van der Waals surface area contributed by atoms with Crippen LogP contribution in [0.25, 0.3) is 0 Å². The van der Waals surface area contributed by atoms with Crippen LogP contribution in [0.5, 0.6) is 0 Å². The number of aromatic nitrogens is 1. The molecule has 0 aliphatic rings. The third-order valence-corrected chi connectivity index (χ3v) is 2.11. The number of nitriles is 1. The zero-order chi connectivity index (χ0) is 10.9. The Morgan fingerprint density at radius 2 is 2.14 bits per heavy atom. The molecule has 0 aromatic carbocycles. The Hall–Kier alpha value is -1.67. The molecule has 5 nitrogen and oxygen atoms in total. The monoisotopic (exact) mass is 211 g/mol. The Morgan fingerprint density at radius 1 is 1.57 bits per heavy atom. The molecule has 0 N–H and O–H groups in total. The Kier molecular flexibility index (Phi) is 2.68. The molecule has 0 saturated heterocycles. The molecular weight excluding hydrogens is 206 g/mol. The lowest BCUT2D eigenvalue weighted by Gasteiger charge is -2.03. The van der Waals surface area contributed by atoms with Crippen LogP contribution in [0.15, 0.2) is 0 Å². The minimum atomic E-state index is -0.561. The van der Waals surface area contributed by atoms with Crippen LogP contribution < -0.4 is 0 Å². The third-order valence-electron chi connectivity index (χ3n) is 1.84. The van der Waals surface area contributed by atoms with Gasteiger partial charge in [-0.05, 0) is 13.8 Å². The van der Waals surface area contributed by atoms with Crippen LogP contribution in [0, 0.1) is 35.3 Å².